The largest absolute Gasteiger partial charge is 0.339 e. The molecule has 10 heteroatoms. The highest BCUT2D eigenvalue weighted by Crippen LogP contribution is 2.42. The van der Waals surface area contributed by atoms with E-state index in [1.54, 1.807) is 0 Å². The third-order valence-corrected chi connectivity index (χ3v) is 10.8. The van der Waals surface area contributed by atoms with Crippen LogP contribution in [0.25, 0.3) is 0 Å². The van der Waals surface area contributed by atoms with Crippen LogP contribution >= 0.6 is 15.9 Å². The van der Waals surface area contributed by atoms with Crippen LogP contribution in [0.4, 0.5) is 0 Å². The molecule has 0 bridgehead atoms. The van der Waals surface area contributed by atoms with Crippen molar-refractivity contribution in [3.8, 4) is 0 Å². The zero-order valence-corrected chi connectivity index (χ0v) is 28.1. The summed E-state index contributed by atoms with van der Waals surface area (Å²) in [6.45, 7) is 12.4. The van der Waals surface area contributed by atoms with Gasteiger partial charge in [0.05, 0.1) is 42.2 Å². The fourth-order valence-corrected chi connectivity index (χ4v) is 7.55. The molecule has 3 amide bonds. The van der Waals surface area contributed by atoms with E-state index in [0.717, 1.165) is 15.7 Å². The van der Waals surface area contributed by atoms with Crippen molar-refractivity contribution in [1.82, 2.24) is 29.7 Å². The molecule has 7 atom stereocenters. The lowest BCUT2D eigenvalue weighted by atomic mass is 9.71. The summed E-state index contributed by atoms with van der Waals surface area (Å²) in [7, 11) is 0. The zero-order valence-electron chi connectivity index (χ0n) is 26.5. The number of nitrogens with zero attached hydrogens (tertiary/aromatic N) is 6. The van der Waals surface area contributed by atoms with Gasteiger partial charge in [0.2, 0.25) is 17.7 Å². The summed E-state index contributed by atoms with van der Waals surface area (Å²) in [6, 6.07) is 16.1. The van der Waals surface area contributed by atoms with Gasteiger partial charge in [-0.2, -0.15) is 0 Å². The molecule has 2 aromatic carbocycles. The number of fused-ring (bicyclic) bond motifs is 1. The minimum absolute atomic E-state index is 0.0347. The van der Waals surface area contributed by atoms with Crippen LogP contribution in [0.15, 0.2) is 71.4 Å². The molecule has 2 aliphatic heterocycles. The maximum atomic E-state index is 14.2. The quantitative estimate of drug-likeness (QED) is 0.259. The number of amides is 3. The molecule has 1 aliphatic carbocycles. The Labute approximate surface area is 273 Å². The fraction of sp³-hybridized carbons (Fsp3) is 0.457. The van der Waals surface area contributed by atoms with Gasteiger partial charge in [-0.1, -0.05) is 82.7 Å². The standard InChI is InChI=1S/C35H41BrN6O3/c1-21-11-13-29-32(35(45)41(33(29)43)18-26-9-7-6-8-10-26)31(21)34(44)39-16-23(3)40(24(4)17-39)19-28-20-42(38-37-28)25(5)27-12-14-30(36)22(2)15-27/h6-15,20-21,23-25,29,31-32H,16-19H2,1-5H3/t21?,23-,24+,25-,29?,31?,32?/m1/s1. The summed E-state index contributed by atoms with van der Waals surface area (Å²) in [5.41, 5.74) is 4.13. The number of imide groups is 1. The lowest BCUT2D eigenvalue weighted by Crippen LogP contribution is -2.59. The van der Waals surface area contributed by atoms with Gasteiger partial charge in [0.1, 0.15) is 0 Å². The minimum Gasteiger partial charge on any atom is -0.339 e. The van der Waals surface area contributed by atoms with Crippen molar-refractivity contribution in [2.75, 3.05) is 13.1 Å². The Bertz CT molecular complexity index is 1610. The molecular formula is C35H41BrN6O3. The molecule has 45 heavy (non-hydrogen) atoms. The molecule has 2 fully saturated rings. The van der Waals surface area contributed by atoms with Gasteiger partial charge in [0.15, 0.2) is 0 Å². The monoisotopic (exact) mass is 672 g/mol. The first-order valence-corrected chi connectivity index (χ1v) is 16.6. The van der Waals surface area contributed by atoms with E-state index in [0.29, 0.717) is 19.6 Å². The highest BCUT2D eigenvalue weighted by molar-refractivity contribution is 9.10. The van der Waals surface area contributed by atoms with Crippen molar-refractivity contribution in [2.45, 2.75) is 65.8 Å². The van der Waals surface area contributed by atoms with Crippen molar-refractivity contribution in [1.29, 1.82) is 0 Å². The summed E-state index contributed by atoms with van der Waals surface area (Å²) in [5, 5.41) is 8.93. The lowest BCUT2D eigenvalue weighted by Gasteiger charge is -2.46. The second kappa shape index (κ2) is 12.6. The summed E-state index contributed by atoms with van der Waals surface area (Å²) in [5.74, 6) is -2.43. The van der Waals surface area contributed by atoms with Crippen molar-refractivity contribution < 1.29 is 14.4 Å². The van der Waals surface area contributed by atoms with Gasteiger partial charge < -0.3 is 4.90 Å². The molecule has 0 saturated carbocycles. The van der Waals surface area contributed by atoms with Crippen molar-refractivity contribution in [3.05, 3.63) is 93.7 Å². The Morgan fingerprint density at radius 1 is 0.978 bits per heavy atom. The van der Waals surface area contributed by atoms with E-state index in [4.69, 9.17) is 0 Å². The van der Waals surface area contributed by atoms with Gasteiger partial charge in [-0.25, -0.2) is 4.68 Å². The van der Waals surface area contributed by atoms with Gasteiger partial charge in [0.25, 0.3) is 0 Å². The number of aromatic nitrogens is 3. The average Bonchev–Trinajstić information content (AvgIpc) is 3.59. The normalized spacial score (nSPS) is 27.6. The van der Waals surface area contributed by atoms with Gasteiger partial charge >= 0.3 is 0 Å². The first-order valence-electron chi connectivity index (χ1n) is 15.8. The number of likely N-dealkylation sites (tertiary alicyclic amines) is 1. The second-order valence-corrected chi connectivity index (χ2v) is 13.9. The van der Waals surface area contributed by atoms with Crippen LogP contribution in [0.1, 0.15) is 56.1 Å². The van der Waals surface area contributed by atoms with Crippen LogP contribution in [-0.4, -0.2) is 72.6 Å². The number of benzene rings is 2. The molecular weight excluding hydrogens is 632 g/mol. The Balaban J connectivity index is 1.13. The molecule has 2 saturated heterocycles. The smallest absolute Gasteiger partial charge is 0.237 e. The van der Waals surface area contributed by atoms with Crippen LogP contribution in [0.2, 0.25) is 0 Å². The van der Waals surface area contributed by atoms with E-state index in [1.165, 1.54) is 16.0 Å². The first kappa shape index (κ1) is 31.4. The van der Waals surface area contributed by atoms with Crippen LogP contribution < -0.4 is 0 Å². The van der Waals surface area contributed by atoms with Crippen LogP contribution in [-0.2, 0) is 27.5 Å². The minimum atomic E-state index is -0.663. The van der Waals surface area contributed by atoms with E-state index in [2.05, 4.69) is 77.0 Å². The van der Waals surface area contributed by atoms with Gasteiger partial charge in [0, 0.05) is 36.2 Å². The van der Waals surface area contributed by atoms with Crippen molar-refractivity contribution >= 4 is 33.7 Å². The first-order chi connectivity index (χ1) is 21.5. The van der Waals surface area contributed by atoms with Crippen LogP contribution in [0.3, 0.4) is 0 Å². The number of aryl methyl sites for hydroxylation is 1. The Kier molecular flexibility index (Phi) is 8.81. The van der Waals surface area contributed by atoms with E-state index < -0.39 is 17.8 Å². The van der Waals surface area contributed by atoms with Crippen LogP contribution in [0.5, 0.6) is 0 Å². The van der Waals surface area contributed by atoms with Gasteiger partial charge in [-0.3, -0.25) is 24.2 Å². The van der Waals surface area contributed by atoms with E-state index in [9.17, 15) is 14.4 Å². The molecule has 4 unspecified atom stereocenters. The molecule has 3 heterocycles. The molecule has 0 spiro atoms. The molecule has 3 aromatic rings. The molecule has 6 rings (SSSR count). The second-order valence-electron chi connectivity index (χ2n) is 13.1. The average molecular weight is 674 g/mol. The maximum Gasteiger partial charge on any atom is 0.237 e. The number of carbonyl (C=O) groups is 3. The van der Waals surface area contributed by atoms with E-state index in [1.807, 2.05) is 65.2 Å². The Hall–Kier alpha value is -3.63. The molecule has 0 radical (unpaired) electrons. The third-order valence-electron chi connectivity index (χ3n) is 9.91. The topological polar surface area (TPSA) is 91.6 Å². The number of halogens is 1. The lowest BCUT2D eigenvalue weighted by molar-refractivity contribution is -0.149. The van der Waals surface area contributed by atoms with Crippen molar-refractivity contribution in [2.24, 2.45) is 23.7 Å². The molecule has 1 aromatic heterocycles. The molecule has 236 valence electrons. The number of hydrogen-bond donors (Lipinski definition) is 0. The molecule has 9 nitrogen and oxygen atoms in total. The number of rotatable bonds is 7. The highest BCUT2D eigenvalue weighted by atomic mass is 79.9. The Morgan fingerprint density at radius 2 is 1.69 bits per heavy atom. The fourth-order valence-electron chi connectivity index (χ4n) is 7.30. The summed E-state index contributed by atoms with van der Waals surface area (Å²) in [6.07, 6.45) is 5.81. The zero-order chi connectivity index (χ0) is 32.0. The maximum absolute atomic E-state index is 14.2. The number of piperazine rings is 1. The summed E-state index contributed by atoms with van der Waals surface area (Å²) >= 11 is 3.58. The SMILES string of the molecule is Cc1cc([C@@H](C)n2cc(CN3[C@H](C)CN(C(=O)C4C(C)C=CC5C(=O)N(Cc6ccccc6)C(=O)C54)C[C@@H]3C)nn2)ccc1Br. The van der Waals surface area contributed by atoms with Gasteiger partial charge in [-0.15, -0.1) is 5.10 Å². The van der Waals surface area contributed by atoms with Crippen molar-refractivity contribution in [3.63, 3.8) is 0 Å². The summed E-state index contributed by atoms with van der Waals surface area (Å²) < 4.78 is 2.99. The molecule has 3 aliphatic rings. The predicted molar refractivity (Wildman–Crippen MR) is 175 cm³/mol. The number of allylic oxidation sites excluding steroid dienone is 1. The third kappa shape index (κ3) is 6.02. The highest BCUT2D eigenvalue weighted by Gasteiger charge is 2.55. The van der Waals surface area contributed by atoms with Crippen LogP contribution in [0, 0.1) is 30.6 Å². The Morgan fingerprint density at radius 3 is 2.38 bits per heavy atom. The van der Waals surface area contributed by atoms with E-state index >= 15 is 0 Å². The molecule has 0 N–H and O–H groups in total. The summed E-state index contributed by atoms with van der Waals surface area (Å²) in [4.78, 5) is 46.9. The predicted octanol–water partition coefficient (Wildman–Crippen LogP) is 5.00. The van der Waals surface area contributed by atoms with E-state index in [-0.39, 0.29) is 48.3 Å². The number of hydrogen-bond acceptors (Lipinski definition) is 6. The van der Waals surface area contributed by atoms with Gasteiger partial charge in [-0.05, 0) is 56.4 Å². The number of carbonyl (C=O) groups excluding carboxylic acids is 3.